The molecule has 3 nitrogen and oxygen atoms in total. The molecule has 0 aromatic heterocycles. The highest BCUT2D eigenvalue weighted by Gasteiger charge is 2.41. The number of allylic oxidation sites excluding steroid dienone is 2. The lowest BCUT2D eigenvalue weighted by Gasteiger charge is -2.41. The van der Waals surface area contributed by atoms with Crippen LogP contribution in [0.2, 0.25) is 0 Å². The molecule has 3 rings (SSSR count). The van der Waals surface area contributed by atoms with Gasteiger partial charge in [-0.15, -0.1) is 0 Å². The lowest BCUT2D eigenvalue weighted by atomic mass is 9.62. The molecule has 0 bridgehead atoms. The van der Waals surface area contributed by atoms with E-state index >= 15 is 0 Å². The number of ketones is 1. The van der Waals surface area contributed by atoms with E-state index in [0.717, 1.165) is 36.1 Å². The Labute approximate surface area is 112 Å². The van der Waals surface area contributed by atoms with E-state index in [9.17, 15) is 9.90 Å². The zero-order chi connectivity index (χ0) is 13.6. The number of phenolic OH excluding ortho intramolecular Hbond substituents is 1. The summed E-state index contributed by atoms with van der Waals surface area (Å²) in [6, 6.07) is 3.52. The highest BCUT2D eigenvalue weighted by Crippen LogP contribution is 2.51. The van der Waals surface area contributed by atoms with Gasteiger partial charge in [-0.3, -0.25) is 4.79 Å². The van der Waals surface area contributed by atoms with E-state index < -0.39 is 0 Å². The first-order valence-electron chi connectivity index (χ1n) is 6.69. The van der Waals surface area contributed by atoms with Crippen molar-refractivity contribution in [3.63, 3.8) is 0 Å². The minimum absolute atomic E-state index is 0.175. The van der Waals surface area contributed by atoms with Crippen LogP contribution in [0.25, 0.3) is 0 Å². The number of hydrogen-bond donors (Lipinski definition) is 1. The minimum atomic E-state index is -0.175. The van der Waals surface area contributed by atoms with Gasteiger partial charge in [-0.2, -0.15) is 0 Å². The Morgan fingerprint density at radius 3 is 2.79 bits per heavy atom. The zero-order valence-corrected chi connectivity index (χ0v) is 11.3. The molecule has 1 atom stereocenters. The topological polar surface area (TPSA) is 46.5 Å². The highest BCUT2D eigenvalue weighted by molar-refractivity contribution is 5.92. The SMILES string of the molecule is COc1ccc(O)c2c1C1(C)CCC(=O)C=C1CC2. The molecule has 1 N–H and O–H groups in total. The van der Waals surface area contributed by atoms with Crippen molar-refractivity contribution in [3.8, 4) is 11.5 Å². The monoisotopic (exact) mass is 258 g/mol. The third-order valence-electron chi connectivity index (χ3n) is 4.58. The fourth-order valence-corrected chi connectivity index (χ4v) is 3.50. The third kappa shape index (κ3) is 1.68. The van der Waals surface area contributed by atoms with Crippen LogP contribution in [0.1, 0.15) is 37.3 Å². The molecule has 19 heavy (non-hydrogen) atoms. The molecule has 2 aliphatic carbocycles. The quantitative estimate of drug-likeness (QED) is 0.842. The predicted molar refractivity (Wildman–Crippen MR) is 72.7 cm³/mol. The molecule has 0 radical (unpaired) electrons. The van der Waals surface area contributed by atoms with Gasteiger partial charge in [0.15, 0.2) is 5.78 Å². The van der Waals surface area contributed by atoms with Crippen LogP contribution in [0.5, 0.6) is 11.5 Å². The van der Waals surface area contributed by atoms with Crippen LogP contribution in [0.3, 0.4) is 0 Å². The van der Waals surface area contributed by atoms with Crippen LogP contribution in [-0.4, -0.2) is 18.0 Å². The molecule has 2 aliphatic rings. The van der Waals surface area contributed by atoms with E-state index in [1.165, 1.54) is 5.57 Å². The summed E-state index contributed by atoms with van der Waals surface area (Å²) >= 11 is 0. The van der Waals surface area contributed by atoms with Crippen molar-refractivity contribution in [2.45, 2.75) is 38.0 Å². The Balaban J connectivity index is 2.26. The molecular formula is C16H18O3. The molecule has 0 fully saturated rings. The Morgan fingerprint density at radius 2 is 2.05 bits per heavy atom. The fraction of sp³-hybridized carbons (Fsp3) is 0.438. The zero-order valence-electron chi connectivity index (χ0n) is 11.3. The number of fused-ring (bicyclic) bond motifs is 3. The van der Waals surface area contributed by atoms with E-state index in [4.69, 9.17) is 4.74 Å². The maximum atomic E-state index is 11.6. The maximum Gasteiger partial charge on any atom is 0.155 e. The van der Waals surface area contributed by atoms with Crippen LogP contribution < -0.4 is 4.74 Å². The third-order valence-corrected chi connectivity index (χ3v) is 4.58. The summed E-state index contributed by atoms with van der Waals surface area (Å²) in [6.07, 6.45) is 4.78. The number of phenols is 1. The van der Waals surface area contributed by atoms with Gasteiger partial charge in [-0.25, -0.2) is 0 Å². The standard InChI is InChI=1S/C16H18O3/c1-16-8-7-11(17)9-10(16)3-4-12-13(18)5-6-14(19-2)15(12)16/h5-6,9,18H,3-4,7-8H2,1-2H3. The number of aromatic hydroxyl groups is 1. The smallest absolute Gasteiger partial charge is 0.155 e. The summed E-state index contributed by atoms with van der Waals surface area (Å²) in [4.78, 5) is 11.6. The van der Waals surface area contributed by atoms with Gasteiger partial charge in [-0.1, -0.05) is 12.5 Å². The van der Waals surface area contributed by atoms with Crippen molar-refractivity contribution in [2.24, 2.45) is 0 Å². The van der Waals surface area contributed by atoms with Crippen molar-refractivity contribution in [1.82, 2.24) is 0 Å². The number of methoxy groups -OCH3 is 1. The van der Waals surface area contributed by atoms with Gasteiger partial charge in [0.25, 0.3) is 0 Å². The summed E-state index contributed by atoms with van der Waals surface area (Å²) in [5.74, 6) is 1.37. The Morgan fingerprint density at radius 1 is 1.26 bits per heavy atom. The summed E-state index contributed by atoms with van der Waals surface area (Å²) in [5, 5.41) is 10.1. The first-order valence-corrected chi connectivity index (χ1v) is 6.69. The average molecular weight is 258 g/mol. The first-order chi connectivity index (χ1) is 9.06. The van der Waals surface area contributed by atoms with Crippen LogP contribution >= 0.6 is 0 Å². The molecule has 0 amide bonds. The summed E-state index contributed by atoms with van der Waals surface area (Å²) in [6.45, 7) is 2.16. The largest absolute Gasteiger partial charge is 0.508 e. The Bertz CT molecular complexity index is 586. The van der Waals surface area contributed by atoms with Crippen molar-refractivity contribution < 1.29 is 14.6 Å². The molecule has 0 aliphatic heterocycles. The van der Waals surface area contributed by atoms with Crippen molar-refractivity contribution in [3.05, 3.63) is 34.9 Å². The molecule has 0 saturated heterocycles. The second-order valence-corrected chi connectivity index (χ2v) is 5.61. The number of carbonyl (C=O) groups is 1. The summed E-state index contributed by atoms with van der Waals surface area (Å²) < 4.78 is 5.49. The highest BCUT2D eigenvalue weighted by atomic mass is 16.5. The number of ether oxygens (including phenoxy) is 1. The molecule has 0 spiro atoms. The van der Waals surface area contributed by atoms with Crippen LogP contribution in [0, 0.1) is 0 Å². The van der Waals surface area contributed by atoms with E-state index in [0.29, 0.717) is 12.2 Å². The summed E-state index contributed by atoms with van der Waals surface area (Å²) in [5.41, 5.74) is 3.06. The lowest BCUT2D eigenvalue weighted by Crippen LogP contribution is -2.34. The lowest BCUT2D eigenvalue weighted by molar-refractivity contribution is -0.115. The van der Waals surface area contributed by atoms with Crippen molar-refractivity contribution >= 4 is 5.78 Å². The van der Waals surface area contributed by atoms with Gasteiger partial charge in [0, 0.05) is 23.0 Å². The maximum absolute atomic E-state index is 11.6. The van der Waals surface area contributed by atoms with Gasteiger partial charge >= 0.3 is 0 Å². The van der Waals surface area contributed by atoms with Gasteiger partial charge in [-0.05, 0) is 37.5 Å². The molecule has 1 unspecified atom stereocenters. The van der Waals surface area contributed by atoms with E-state index in [-0.39, 0.29) is 11.2 Å². The van der Waals surface area contributed by atoms with E-state index in [2.05, 4.69) is 6.92 Å². The van der Waals surface area contributed by atoms with E-state index in [1.54, 1.807) is 19.3 Å². The molecule has 100 valence electrons. The number of benzene rings is 1. The normalized spacial score (nSPS) is 25.4. The van der Waals surface area contributed by atoms with Gasteiger partial charge in [0.05, 0.1) is 7.11 Å². The molecule has 0 saturated carbocycles. The van der Waals surface area contributed by atoms with Crippen molar-refractivity contribution in [1.29, 1.82) is 0 Å². The van der Waals surface area contributed by atoms with Gasteiger partial charge < -0.3 is 9.84 Å². The average Bonchev–Trinajstić information content (AvgIpc) is 2.40. The second-order valence-electron chi connectivity index (χ2n) is 5.61. The number of carbonyl (C=O) groups excluding carboxylic acids is 1. The molecule has 1 aromatic rings. The van der Waals surface area contributed by atoms with Gasteiger partial charge in [0.1, 0.15) is 11.5 Å². The minimum Gasteiger partial charge on any atom is -0.508 e. The van der Waals surface area contributed by atoms with Gasteiger partial charge in [0.2, 0.25) is 0 Å². The van der Waals surface area contributed by atoms with E-state index in [1.807, 2.05) is 6.07 Å². The van der Waals surface area contributed by atoms with Crippen LogP contribution in [0.4, 0.5) is 0 Å². The number of hydrogen-bond acceptors (Lipinski definition) is 3. The molecule has 1 aromatic carbocycles. The van der Waals surface area contributed by atoms with Crippen LogP contribution in [-0.2, 0) is 16.6 Å². The van der Waals surface area contributed by atoms with Crippen molar-refractivity contribution in [2.75, 3.05) is 7.11 Å². The molecular weight excluding hydrogens is 240 g/mol. The Hall–Kier alpha value is -1.77. The molecule has 3 heteroatoms. The Kier molecular flexibility index (Phi) is 2.66. The number of rotatable bonds is 1. The molecule has 0 heterocycles. The fourth-order valence-electron chi connectivity index (χ4n) is 3.50. The first kappa shape index (κ1) is 12.3. The van der Waals surface area contributed by atoms with Crippen LogP contribution in [0.15, 0.2) is 23.8 Å². The predicted octanol–water partition coefficient (Wildman–Crippen LogP) is 2.89. The second kappa shape index (κ2) is 4.12. The summed E-state index contributed by atoms with van der Waals surface area (Å²) in [7, 11) is 1.65.